The van der Waals surface area contributed by atoms with Crippen LogP contribution in [0.25, 0.3) is 0 Å². The van der Waals surface area contributed by atoms with Crippen LogP contribution in [0.15, 0.2) is 85.1 Å². The smallest absolute Gasteiger partial charge is 0.220 e. The average molecular weight is 947 g/mol. The normalized spacial score (nSPS) is 13.4. The van der Waals surface area contributed by atoms with Crippen molar-refractivity contribution in [3.05, 3.63) is 85.1 Å². The monoisotopic (exact) mass is 946 g/mol. The third-order valence-electron chi connectivity index (χ3n) is 13.3. The van der Waals surface area contributed by atoms with E-state index in [4.69, 9.17) is 0 Å². The van der Waals surface area contributed by atoms with E-state index in [-0.39, 0.29) is 12.5 Å². The number of hydrogen-bond donors (Lipinski definition) is 3. The lowest BCUT2D eigenvalue weighted by molar-refractivity contribution is -0.123. The Balaban J connectivity index is 3.52. The van der Waals surface area contributed by atoms with Crippen molar-refractivity contribution < 1.29 is 15.0 Å². The minimum absolute atomic E-state index is 0.0757. The van der Waals surface area contributed by atoms with Crippen molar-refractivity contribution in [3.8, 4) is 0 Å². The van der Waals surface area contributed by atoms with Gasteiger partial charge in [0.2, 0.25) is 5.91 Å². The zero-order valence-corrected chi connectivity index (χ0v) is 45.4. The molecule has 394 valence electrons. The molecular weight excluding hydrogens is 831 g/mol. The molecule has 0 bridgehead atoms. The molecule has 0 aromatic heterocycles. The number of amides is 1. The summed E-state index contributed by atoms with van der Waals surface area (Å²) < 4.78 is 0. The van der Waals surface area contributed by atoms with E-state index in [1.165, 1.54) is 212 Å². The van der Waals surface area contributed by atoms with Gasteiger partial charge in [-0.1, -0.05) is 292 Å². The van der Waals surface area contributed by atoms with Gasteiger partial charge in [0.15, 0.2) is 0 Å². The number of carbonyl (C=O) groups is 1. The standard InChI is InChI=1S/C64H115NO3/c1-3-5-7-9-11-13-15-17-19-21-23-25-27-28-29-30-31-32-33-34-35-36-38-40-42-44-46-48-50-52-54-56-58-60-64(68)65-62(61-66)63(67)59-57-55-53-51-49-47-45-43-41-39-37-26-24-22-20-18-16-14-12-10-8-6-4-2/h5,7,11,13,17,19,23,25,41,43,49,51,57,59,62-63,66-67H,3-4,6,8-10,12,14-16,18,20-22,24,26-40,42,44-48,50,52-56,58,60-61H2,1-2H3,(H,65,68)/b7-5-,13-11-,19-17-,25-23-,43-41+,51-49+,59-57+. The van der Waals surface area contributed by atoms with Gasteiger partial charge in [-0.15, -0.1) is 0 Å². The predicted molar refractivity (Wildman–Crippen MR) is 303 cm³/mol. The van der Waals surface area contributed by atoms with Crippen LogP contribution >= 0.6 is 0 Å². The van der Waals surface area contributed by atoms with Gasteiger partial charge in [0, 0.05) is 6.42 Å². The zero-order valence-electron chi connectivity index (χ0n) is 45.4. The molecular formula is C64H115NO3. The van der Waals surface area contributed by atoms with Gasteiger partial charge in [0.1, 0.15) is 0 Å². The van der Waals surface area contributed by atoms with E-state index in [1.807, 2.05) is 6.08 Å². The van der Waals surface area contributed by atoms with Gasteiger partial charge < -0.3 is 15.5 Å². The van der Waals surface area contributed by atoms with Crippen LogP contribution in [-0.2, 0) is 4.79 Å². The summed E-state index contributed by atoms with van der Waals surface area (Å²) in [6.45, 7) is 4.20. The lowest BCUT2D eigenvalue weighted by Gasteiger charge is -2.19. The third-order valence-corrected chi connectivity index (χ3v) is 13.3. The van der Waals surface area contributed by atoms with Crippen LogP contribution in [0.5, 0.6) is 0 Å². The van der Waals surface area contributed by atoms with Crippen LogP contribution in [0.3, 0.4) is 0 Å². The maximum atomic E-state index is 12.5. The molecule has 0 aliphatic heterocycles. The third kappa shape index (κ3) is 54.5. The predicted octanol–water partition coefficient (Wildman–Crippen LogP) is 19.9. The minimum atomic E-state index is -0.873. The Labute approximate surface area is 424 Å². The molecule has 0 aliphatic carbocycles. The lowest BCUT2D eigenvalue weighted by Crippen LogP contribution is -2.45. The topological polar surface area (TPSA) is 69.6 Å². The second-order valence-corrected chi connectivity index (χ2v) is 20.0. The lowest BCUT2D eigenvalue weighted by atomic mass is 10.0. The van der Waals surface area contributed by atoms with Crippen LogP contribution < -0.4 is 5.32 Å². The Kier molecular flexibility index (Phi) is 56.8. The summed E-state index contributed by atoms with van der Waals surface area (Å²) >= 11 is 0. The average Bonchev–Trinajstić information content (AvgIpc) is 3.34. The summed E-state index contributed by atoms with van der Waals surface area (Å²) in [5.74, 6) is -0.0757. The van der Waals surface area contributed by atoms with E-state index in [9.17, 15) is 15.0 Å². The molecule has 3 N–H and O–H groups in total. The van der Waals surface area contributed by atoms with Gasteiger partial charge >= 0.3 is 0 Å². The quantitative estimate of drug-likeness (QED) is 0.0420. The number of unbranched alkanes of at least 4 members (excludes halogenated alkanes) is 35. The number of hydrogen-bond acceptors (Lipinski definition) is 3. The SMILES string of the molecule is CC/C=C\C/C=C\C/C=C\C/C=C\CCCCCCCCCCCCCCCCCCCCCCC(=O)NC(CO)C(O)/C=C/CC/C=C/CC/C=C/CCCCCCCCCCCCCCC. The minimum Gasteiger partial charge on any atom is -0.394 e. The molecule has 0 saturated carbocycles. The Hall–Kier alpha value is -2.43. The van der Waals surface area contributed by atoms with Gasteiger partial charge in [-0.05, 0) is 83.5 Å². The Morgan fingerprint density at radius 3 is 1.03 bits per heavy atom. The van der Waals surface area contributed by atoms with Crippen molar-refractivity contribution >= 4 is 5.91 Å². The second-order valence-electron chi connectivity index (χ2n) is 20.0. The molecule has 2 atom stereocenters. The number of nitrogens with one attached hydrogen (secondary N) is 1. The van der Waals surface area contributed by atoms with Crippen molar-refractivity contribution in [1.29, 1.82) is 0 Å². The highest BCUT2D eigenvalue weighted by Gasteiger charge is 2.18. The number of aliphatic hydroxyl groups is 2. The summed E-state index contributed by atoms with van der Waals surface area (Å²) in [5.41, 5.74) is 0. The molecule has 2 unspecified atom stereocenters. The molecule has 0 saturated heterocycles. The van der Waals surface area contributed by atoms with Crippen LogP contribution in [0.2, 0.25) is 0 Å². The van der Waals surface area contributed by atoms with E-state index in [0.29, 0.717) is 6.42 Å². The fraction of sp³-hybridized carbons (Fsp3) is 0.766. The molecule has 0 spiro atoms. The van der Waals surface area contributed by atoms with Crippen molar-refractivity contribution in [2.75, 3.05) is 6.61 Å². The molecule has 0 heterocycles. The zero-order chi connectivity index (χ0) is 49.2. The molecule has 4 heteroatoms. The first-order valence-corrected chi connectivity index (χ1v) is 29.8. The highest BCUT2D eigenvalue weighted by atomic mass is 16.3. The fourth-order valence-electron chi connectivity index (χ4n) is 8.85. The maximum absolute atomic E-state index is 12.5. The van der Waals surface area contributed by atoms with Crippen molar-refractivity contribution in [3.63, 3.8) is 0 Å². The molecule has 0 rings (SSSR count). The summed E-state index contributed by atoms with van der Waals surface area (Å²) in [5, 5.41) is 23.2. The molecule has 0 fully saturated rings. The van der Waals surface area contributed by atoms with E-state index in [1.54, 1.807) is 6.08 Å². The Morgan fingerprint density at radius 1 is 0.368 bits per heavy atom. The van der Waals surface area contributed by atoms with Gasteiger partial charge in [0.25, 0.3) is 0 Å². The molecule has 0 aromatic rings. The number of carbonyl (C=O) groups excluding carboxylic acids is 1. The largest absolute Gasteiger partial charge is 0.394 e. The first-order valence-electron chi connectivity index (χ1n) is 29.8. The van der Waals surface area contributed by atoms with E-state index >= 15 is 0 Å². The summed E-state index contributed by atoms with van der Waals surface area (Å²) in [6, 6.07) is -0.649. The fourth-order valence-corrected chi connectivity index (χ4v) is 8.85. The maximum Gasteiger partial charge on any atom is 0.220 e. The van der Waals surface area contributed by atoms with E-state index < -0.39 is 12.1 Å². The molecule has 4 nitrogen and oxygen atoms in total. The summed E-state index contributed by atoms with van der Waals surface area (Å²) in [7, 11) is 0. The highest BCUT2D eigenvalue weighted by molar-refractivity contribution is 5.76. The van der Waals surface area contributed by atoms with Gasteiger partial charge in [-0.2, -0.15) is 0 Å². The Bertz CT molecular complexity index is 1210. The second kappa shape index (κ2) is 58.9. The van der Waals surface area contributed by atoms with Crippen LogP contribution in [0.4, 0.5) is 0 Å². The van der Waals surface area contributed by atoms with Gasteiger partial charge in [0.05, 0.1) is 18.8 Å². The van der Waals surface area contributed by atoms with Crippen LogP contribution in [0, 0.1) is 0 Å². The molecule has 68 heavy (non-hydrogen) atoms. The first-order chi connectivity index (χ1) is 33.7. The van der Waals surface area contributed by atoms with Crippen molar-refractivity contribution in [2.45, 2.75) is 309 Å². The van der Waals surface area contributed by atoms with Crippen molar-refractivity contribution in [1.82, 2.24) is 5.32 Å². The molecule has 1 amide bonds. The van der Waals surface area contributed by atoms with Gasteiger partial charge in [-0.25, -0.2) is 0 Å². The number of aliphatic hydroxyl groups excluding tert-OH is 2. The molecule has 0 aromatic carbocycles. The Morgan fingerprint density at radius 2 is 0.662 bits per heavy atom. The van der Waals surface area contributed by atoms with Gasteiger partial charge in [-0.3, -0.25) is 4.79 Å². The number of rotatable bonds is 54. The highest BCUT2D eigenvalue weighted by Crippen LogP contribution is 2.17. The van der Waals surface area contributed by atoms with E-state index in [2.05, 4.69) is 92.1 Å². The molecule has 0 radical (unpaired) electrons. The summed E-state index contributed by atoms with van der Waals surface area (Å²) in [4.78, 5) is 12.5. The van der Waals surface area contributed by atoms with Crippen molar-refractivity contribution in [2.24, 2.45) is 0 Å². The van der Waals surface area contributed by atoms with Crippen LogP contribution in [0.1, 0.15) is 296 Å². The summed E-state index contributed by atoms with van der Waals surface area (Å²) in [6.07, 6.45) is 86.2. The first kappa shape index (κ1) is 65.6. The molecule has 0 aliphatic rings. The number of allylic oxidation sites excluding steroid dienone is 13. The van der Waals surface area contributed by atoms with E-state index in [0.717, 1.165) is 64.2 Å². The van der Waals surface area contributed by atoms with Crippen LogP contribution in [-0.4, -0.2) is 34.9 Å².